The van der Waals surface area contributed by atoms with Gasteiger partial charge in [0, 0.05) is 59.1 Å². The number of aromatic nitrogens is 3. The van der Waals surface area contributed by atoms with Crippen molar-refractivity contribution in [1.82, 2.24) is 19.0 Å². The molecule has 1 saturated heterocycles. The molecule has 0 atom stereocenters. The number of morpholine rings is 1. The van der Waals surface area contributed by atoms with Crippen LogP contribution in [-0.4, -0.2) is 51.2 Å². The number of ether oxygens (including phenoxy) is 1. The first-order valence-corrected chi connectivity index (χ1v) is 13.1. The van der Waals surface area contributed by atoms with Crippen LogP contribution in [0.2, 0.25) is 0 Å². The van der Waals surface area contributed by atoms with E-state index in [1.54, 1.807) is 0 Å². The summed E-state index contributed by atoms with van der Waals surface area (Å²) in [5.41, 5.74) is 6.34. The number of amides is 1. The van der Waals surface area contributed by atoms with E-state index in [-0.39, 0.29) is 5.91 Å². The minimum Gasteiger partial charge on any atom is -0.378 e. The maximum atomic E-state index is 13.1. The average molecular weight is 479 g/mol. The maximum absolute atomic E-state index is 13.1. The molecule has 7 rings (SSSR count). The third-order valence-corrected chi connectivity index (χ3v) is 7.78. The molecule has 2 fully saturated rings. The molecule has 1 saturated carbocycles. The number of imidazole rings is 1. The van der Waals surface area contributed by atoms with Gasteiger partial charge >= 0.3 is 0 Å². The van der Waals surface area contributed by atoms with Gasteiger partial charge in [-0.05, 0) is 68.1 Å². The fourth-order valence-corrected chi connectivity index (χ4v) is 5.71. The Hall–Kier alpha value is -3.64. The van der Waals surface area contributed by atoms with Crippen LogP contribution in [0.25, 0.3) is 44.2 Å². The molecule has 6 nitrogen and oxygen atoms in total. The quantitative estimate of drug-likeness (QED) is 0.325. The third-order valence-electron chi connectivity index (χ3n) is 7.78. The number of para-hydroxylation sites is 1. The Balaban J connectivity index is 1.36. The van der Waals surface area contributed by atoms with E-state index in [0.29, 0.717) is 37.8 Å². The van der Waals surface area contributed by atoms with Crippen molar-refractivity contribution in [3.8, 4) is 11.4 Å². The number of aryl methyl sites for hydroxylation is 1. The van der Waals surface area contributed by atoms with Gasteiger partial charge in [-0.1, -0.05) is 18.2 Å². The third kappa shape index (κ3) is 3.51. The van der Waals surface area contributed by atoms with Crippen molar-refractivity contribution in [2.75, 3.05) is 26.3 Å². The normalized spacial score (nSPS) is 16.4. The van der Waals surface area contributed by atoms with Gasteiger partial charge in [0.15, 0.2) is 0 Å². The van der Waals surface area contributed by atoms with Crippen molar-refractivity contribution in [2.45, 2.75) is 32.9 Å². The summed E-state index contributed by atoms with van der Waals surface area (Å²) in [5.74, 6) is 1.76. The summed E-state index contributed by atoms with van der Waals surface area (Å²) in [6.45, 7) is 6.59. The SMILES string of the molecule is CCn1c2ccccc2c2cc(-c3nc4cc(C(=O)N5CCOCC5)ccc4n3CC3CC3)ccc21. The fourth-order valence-electron chi connectivity index (χ4n) is 5.71. The van der Waals surface area contributed by atoms with E-state index < -0.39 is 0 Å². The van der Waals surface area contributed by atoms with Gasteiger partial charge in [0.05, 0.1) is 24.2 Å². The molecular formula is C30H30N4O2. The minimum absolute atomic E-state index is 0.0623. The van der Waals surface area contributed by atoms with E-state index in [4.69, 9.17) is 9.72 Å². The zero-order valence-corrected chi connectivity index (χ0v) is 20.6. The van der Waals surface area contributed by atoms with Gasteiger partial charge in [0.25, 0.3) is 5.91 Å². The first-order chi connectivity index (χ1) is 17.7. The largest absolute Gasteiger partial charge is 0.378 e. The van der Waals surface area contributed by atoms with Crippen molar-refractivity contribution in [3.05, 3.63) is 66.2 Å². The second kappa shape index (κ2) is 8.49. The predicted octanol–water partition coefficient (Wildman–Crippen LogP) is 5.71. The molecule has 1 aliphatic carbocycles. The molecular weight excluding hydrogens is 448 g/mol. The summed E-state index contributed by atoms with van der Waals surface area (Å²) in [5, 5.41) is 2.54. The second-order valence-electron chi connectivity index (χ2n) is 10.1. The van der Waals surface area contributed by atoms with Gasteiger partial charge in [-0.25, -0.2) is 4.98 Å². The molecule has 182 valence electrons. The van der Waals surface area contributed by atoms with Crippen molar-refractivity contribution in [3.63, 3.8) is 0 Å². The number of benzene rings is 3. The summed E-state index contributed by atoms with van der Waals surface area (Å²) in [4.78, 5) is 20.1. The summed E-state index contributed by atoms with van der Waals surface area (Å²) in [7, 11) is 0. The molecule has 0 spiro atoms. The number of hydrogen-bond acceptors (Lipinski definition) is 3. The summed E-state index contributed by atoms with van der Waals surface area (Å²) < 4.78 is 10.2. The van der Waals surface area contributed by atoms with Crippen LogP contribution in [-0.2, 0) is 17.8 Å². The van der Waals surface area contributed by atoms with Gasteiger partial charge in [-0.15, -0.1) is 0 Å². The molecule has 2 aromatic heterocycles. The number of carbonyl (C=O) groups is 1. The molecule has 0 radical (unpaired) electrons. The van der Waals surface area contributed by atoms with E-state index in [0.717, 1.165) is 35.5 Å². The maximum Gasteiger partial charge on any atom is 0.254 e. The lowest BCUT2D eigenvalue weighted by Crippen LogP contribution is -2.40. The van der Waals surface area contributed by atoms with E-state index >= 15 is 0 Å². The van der Waals surface area contributed by atoms with Crippen molar-refractivity contribution < 1.29 is 9.53 Å². The van der Waals surface area contributed by atoms with Crippen LogP contribution in [0, 0.1) is 5.92 Å². The molecule has 5 aromatic rings. The molecule has 2 aliphatic rings. The average Bonchev–Trinajstić information content (AvgIpc) is 3.60. The first kappa shape index (κ1) is 21.6. The van der Waals surface area contributed by atoms with E-state index in [2.05, 4.69) is 64.6 Å². The summed E-state index contributed by atoms with van der Waals surface area (Å²) in [6, 6.07) is 21.4. The Bertz CT molecular complexity index is 1620. The summed E-state index contributed by atoms with van der Waals surface area (Å²) >= 11 is 0. The number of rotatable bonds is 5. The highest BCUT2D eigenvalue weighted by Gasteiger charge is 2.26. The Morgan fingerprint density at radius 3 is 2.50 bits per heavy atom. The molecule has 0 bridgehead atoms. The Morgan fingerprint density at radius 2 is 1.69 bits per heavy atom. The van der Waals surface area contributed by atoms with Crippen LogP contribution < -0.4 is 0 Å². The monoisotopic (exact) mass is 478 g/mol. The van der Waals surface area contributed by atoms with Crippen LogP contribution >= 0.6 is 0 Å². The number of hydrogen-bond donors (Lipinski definition) is 0. The Kier molecular flexibility index (Phi) is 5.10. The van der Waals surface area contributed by atoms with Crippen LogP contribution in [0.4, 0.5) is 0 Å². The smallest absolute Gasteiger partial charge is 0.254 e. The molecule has 1 amide bonds. The van der Waals surface area contributed by atoms with Gasteiger partial charge in [0.1, 0.15) is 5.82 Å². The molecule has 3 aromatic carbocycles. The molecule has 36 heavy (non-hydrogen) atoms. The highest BCUT2D eigenvalue weighted by atomic mass is 16.5. The zero-order chi connectivity index (χ0) is 24.2. The van der Waals surface area contributed by atoms with Crippen molar-refractivity contribution in [1.29, 1.82) is 0 Å². The fraction of sp³-hybridized carbons (Fsp3) is 0.333. The first-order valence-electron chi connectivity index (χ1n) is 13.1. The van der Waals surface area contributed by atoms with E-state index in [9.17, 15) is 4.79 Å². The molecule has 1 aliphatic heterocycles. The zero-order valence-electron chi connectivity index (χ0n) is 20.6. The van der Waals surface area contributed by atoms with Crippen molar-refractivity contribution in [2.24, 2.45) is 5.92 Å². The lowest BCUT2D eigenvalue weighted by molar-refractivity contribution is 0.0303. The van der Waals surface area contributed by atoms with Gasteiger partial charge in [-0.3, -0.25) is 4.79 Å². The van der Waals surface area contributed by atoms with E-state index in [1.165, 1.54) is 34.6 Å². The standard InChI is InChI=1S/C30H30N4O2/c1-2-33-26-6-4-3-5-23(26)24-17-21(9-11-27(24)33)29-31-25-18-22(30(35)32-13-15-36-16-14-32)10-12-28(25)34(29)19-20-7-8-20/h3-6,9-12,17-18,20H,2,7-8,13-16,19H2,1H3. The molecule has 3 heterocycles. The molecule has 0 unspecified atom stereocenters. The predicted molar refractivity (Wildman–Crippen MR) is 143 cm³/mol. The Morgan fingerprint density at radius 1 is 0.917 bits per heavy atom. The van der Waals surface area contributed by atoms with E-state index in [1.807, 2.05) is 17.0 Å². The molecule has 0 N–H and O–H groups in total. The van der Waals surface area contributed by atoms with Crippen LogP contribution in [0.5, 0.6) is 0 Å². The lowest BCUT2D eigenvalue weighted by Gasteiger charge is -2.26. The van der Waals surface area contributed by atoms with Gasteiger partial charge in [-0.2, -0.15) is 0 Å². The summed E-state index contributed by atoms with van der Waals surface area (Å²) in [6.07, 6.45) is 2.55. The Labute approximate surface area is 210 Å². The van der Waals surface area contributed by atoms with Crippen LogP contribution in [0.15, 0.2) is 60.7 Å². The topological polar surface area (TPSA) is 52.3 Å². The van der Waals surface area contributed by atoms with Gasteiger partial charge in [0.2, 0.25) is 0 Å². The van der Waals surface area contributed by atoms with Crippen LogP contribution in [0.3, 0.4) is 0 Å². The molecule has 6 heteroatoms. The number of fused-ring (bicyclic) bond motifs is 4. The number of carbonyl (C=O) groups excluding carboxylic acids is 1. The minimum atomic E-state index is 0.0623. The van der Waals surface area contributed by atoms with Gasteiger partial charge < -0.3 is 18.8 Å². The van der Waals surface area contributed by atoms with Crippen molar-refractivity contribution >= 4 is 38.7 Å². The lowest BCUT2D eigenvalue weighted by atomic mass is 10.1. The van der Waals surface area contributed by atoms with Crippen LogP contribution in [0.1, 0.15) is 30.1 Å². The highest BCUT2D eigenvalue weighted by molar-refractivity contribution is 6.09. The highest BCUT2D eigenvalue weighted by Crippen LogP contribution is 2.37. The number of nitrogens with zero attached hydrogens (tertiary/aromatic N) is 4. The second-order valence-corrected chi connectivity index (χ2v) is 10.1.